The molecule has 1 amide bonds. The number of H-pyrrole nitrogens is 1. The average molecular weight is 459 g/mol. The largest absolute Gasteiger partial charge is 0.354 e. The van der Waals surface area contributed by atoms with E-state index in [1.165, 1.54) is 33.3 Å². The van der Waals surface area contributed by atoms with Crippen LogP contribution < -0.4 is 5.32 Å². The Labute approximate surface area is 203 Å². The maximum Gasteiger partial charge on any atom is 0.234 e. The third kappa shape index (κ3) is 4.76. The van der Waals surface area contributed by atoms with Crippen LogP contribution in [-0.2, 0) is 4.79 Å². The maximum absolute atomic E-state index is 12.4. The van der Waals surface area contributed by atoms with Gasteiger partial charge in [-0.05, 0) is 107 Å². The van der Waals surface area contributed by atoms with Gasteiger partial charge in [0.2, 0.25) is 5.91 Å². The van der Waals surface area contributed by atoms with E-state index < -0.39 is 0 Å². The topological polar surface area (TPSA) is 61.0 Å². The van der Waals surface area contributed by atoms with Crippen molar-refractivity contribution in [3.05, 3.63) is 52.8 Å². The van der Waals surface area contributed by atoms with E-state index in [4.69, 9.17) is 0 Å². The van der Waals surface area contributed by atoms with Crippen molar-refractivity contribution in [2.45, 2.75) is 77.7 Å². The van der Waals surface area contributed by atoms with Gasteiger partial charge < -0.3 is 10.3 Å². The standard InChI is InChI=1S/C29H38N4O/c1-18(2)27-24-16-22(6-7-25(24)31-28(27)23-14-19(3)30-20(4)15-23)21-8-12-33(13-9-21)17-26(34)32-29(5)10-11-29/h6-7,14-16,18,21,31H,8-13,17H2,1-5H3,(H,32,34). The van der Waals surface area contributed by atoms with Crippen molar-refractivity contribution in [2.75, 3.05) is 19.6 Å². The number of amides is 1. The van der Waals surface area contributed by atoms with Crippen molar-refractivity contribution in [3.8, 4) is 11.3 Å². The summed E-state index contributed by atoms with van der Waals surface area (Å²) in [5, 5.41) is 4.53. The number of carbonyl (C=O) groups excluding carboxylic acids is 1. The van der Waals surface area contributed by atoms with E-state index in [0.29, 0.717) is 18.4 Å². The first-order chi connectivity index (χ1) is 16.2. The molecule has 0 unspecified atom stereocenters. The first-order valence-electron chi connectivity index (χ1n) is 12.9. The summed E-state index contributed by atoms with van der Waals surface area (Å²) in [5.74, 6) is 1.15. The van der Waals surface area contributed by atoms with Gasteiger partial charge in [-0.15, -0.1) is 0 Å². The molecule has 2 fully saturated rings. The number of aromatic nitrogens is 2. The average Bonchev–Trinajstić information content (AvgIpc) is 3.36. The summed E-state index contributed by atoms with van der Waals surface area (Å²) in [6.07, 6.45) is 4.44. The molecule has 0 bridgehead atoms. The van der Waals surface area contributed by atoms with Crippen molar-refractivity contribution >= 4 is 16.8 Å². The van der Waals surface area contributed by atoms with E-state index in [1.54, 1.807) is 0 Å². The number of hydrogen-bond acceptors (Lipinski definition) is 3. The maximum atomic E-state index is 12.4. The molecule has 2 N–H and O–H groups in total. The van der Waals surface area contributed by atoms with Crippen LogP contribution in [0.25, 0.3) is 22.2 Å². The van der Waals surface area contributed by atoms with Crippen LogP contribution in [0, 0.1) is 13.8 Å². The van der Waals surface area contributed by atoms with Gasteiger partial charge in [0.25, 0.3) is 0 Å². The Bertz CT molecular complexity index is 1190. The van der Waals surface area contributed by atoms with Crippen LogP contribution in [0.1, 0.15) is 80.8 Å². The highest BCUT2D eigenvalue weighted by molar-refractivity contribution is 5.92. The lowest BCUT2D eigenvalue weighted by Crippen LogP contribution is -2.44. The number of piperidine rings is 1. The van der Waals surface area contributed by atoms with Gasteiger partial charge in [0.05, 0.1) is 12.2 Å². The summed E-state index contributed by atoms with van der Waals surface area (Å²) in [6.45, 7) is 13.3. The number of fused-ring (bicyclic) bond motifs is 1. The van der Waals surface area contributed by atoms with Gasteiger partial charge in [-0.2, -0.15) is 0 Å². The van der Waals surface area contributed by atoms with Gasteiger partial charge in [0.15, 0.2) is 0 Å². The lowest BCUT2D eigenvalue weighted by molar-refractivity contribution is -0.123. The second kappa shape index (κ2) is 8.84. The Hall–Kier alpha value is -2.66. The number of pyridine rings is 1. The highest BCUT2D eigenvalue weighted by atomic mass is 16.2. The van der Waals surface area contributed by atoms with Gasteiger partial charge >= 0.3 is 0 Å². The molecule has 1 saturated carbocycles. The normalized spacial score (nSPS) is 18.5. The van der Waals surface area contributed by atoms with Crippen LogP contribution in [0.4, 0.5) is 0 Å². The van der Waals surface area contributed by atoms with Crippen molar-refractivity contribution < 1.29 is 4.79 Å². The fraction of sp³-hybridized carbons (Fsp3) is 0.517. The number of rotatable bonds is 6. The molecule has 1 aliphatic heterocycles. The summed E-state index contributed by atoms with van der Waals surface area (Å²) < 4.78 is 0. The van der Waals surface area contributed by atoms with Gasteiger partial charge in [-0.3, -0.25) is 14.7 Å². The van der Waals surface area contributed by atoms with Gasteiger partial charge in [-0.25, -0.2) is 0 Å². The van der Waals surface area contributed by atoms with E-state index in [2.05, 4.69) is 85.1 Å². The first kappa shape index (κ1) is 23.1. The predicted molar refractivity (Wildman–Crippen MR) is 139 cm³/mol. The molecule has 34 heavy (non-hydrogen) atoms. The molecule has 0 spiro atoms. The zero-order chi connectivity index (χ0) is 24.0. The number of nitrogens with zero attached hydrogens (tertiary/aromatic N) is 2. The summed E-state index contributed by atoms with van der Waals surface area (Å²) in [7, 11) is 0. The van der Waals surface area contributed by atoms with Crippen molar-refractivity contribution in [3.63, 3.8) is 0 Å². The second-order valence-corrected chi connectivity index (χ2v) is 11.2. The molecule has 2 aromatic heterocycles. The van der Waals surface area contributed by atoms with Gasteiger partial charge in [0.1, 0.15) is 0 Å². The van der Waals surface area contributed by atoms with Crippen LogP contribution in [0.2, 0.25) is 0 Å². The molecular weight excluding hydrogens is 420 g/mol. The van der Waals surface area contributed by atoms with Crippen LogP contribution in [-0.4, -0.2) is 45.9 Å². The number of hydrogen-bond donors (Lipinski definition) is 2. The summed E-state index contributed by atoms with van der Waals surface area (Å²) in [6, 6.07) is 11.3. The number of aromatic amines is 1. The van der Waals surface area contributed by atoms with Crippen LogP contribution in [0.15, 0.2) is 30.3 Å². The number of aryl methyl sites for hydroxylation is 2. The Morgan fingerprint density at radius 3 is 2.44 bits per heavy atom. The molecule has 5 rings (SSSR count). The third-order valence-corrected chi connectivity index (χ3v) is 7.68. The molecule has 180 valence electrons. The fourth-order valence-corrected chi connectivity index (χ4v) is 5.61. The van der Waals surface area contributed by atoms with E-state index in [9.17, 15) is 4.79 Å². The lowest BCUT2D eigenvalue weighted by Gasteiger charge is -2.32. The minimum atomic E-state index is 0.0714. The molecule has 3 heterocycles. The SMILES string of the molecule is Cc1cc(-c2[nH]c3ccc(C4CCN(CC(=O)NC5(C)CC5)CC4)cc3c2C(C)C)cc(C)n1. The monoisotopic (exact) mass is 458 g/mol. The van der Waals surface area contributed by atoms with Gasteiger partial charge in [-0.1, -0.05) is 19.9 Å². The number of nitrogens with one attached hydrogen (secondary N) is 2. The summed E-state index contributed by atoms with van der Waals surface area (Å²) in [5.41, 5.74) is 8.64. The first-order valence-corrected chi connectivity index (χ1v) is 12.9. The Balaban J connectivity index is 1.35. The van der Waals surface area contributed by atoms with Crippen LogP contribution >= 0.6 is 0 Å². The second-order valence-electron chi connectivity index (χ2n) is 11.2. The zero-order valence-corrected chi connectivity index (χ0v) is 21.3. The van der Waals surface area contributed by atoms with Crippen LogP contribution in [0.3, 0.4) is 0 Å². The molecule has 2 aliphatic rings. The Morgan fingerprint density at radius 2 is 1.82 bits per heavy atom. The molecule has 0 atom stereocenters. The van der Waals surface area contributed by atoms with E-state index >= 15 is 0 Å². The zero-order valence-electron chi connectivity index (χ0n) is 21.3. The molecular formula is C29H38N4O. The van der Waals surface area contributed by atoms with E-state index in [0.717, 1.165) is 50.2 Å². The van der Waals surface area contributed by atoms with Gasteiger partial charge in [0, 0.05) is 33.4 Å². The van der Waals surface area contributed by atoms with Crippen molar-refractivity contribution in [1.29, 1.82) is 0 Å². The molecule has 1 aromatic carbocycles. The smallest absolute Gasteiger partial charge is 0.234 e. The molecule has 3 aromatic rings. The molecule has 5 heteroatoms. The van der Waals surface area contributed by atoms with Crippen molar-refractivity contribution in [1.82, 2.24) is 20.2 Å². The highest BCUT2D eigenvalue weighted by Crippen LogP contribution is 2.38. The highest BCUT2D eigenvalue weighted by Gasteiger charge is 2.38. The Morgan fingerprint density at radius 1 is 1.15 bits per heavy atom. The number of likely N-dealkylation sites (tertiary alicyclic amines) is 1. The molecule has 1 saturated heterocycles. The quantitative estimate of drug-likeness (QED) is 0.489. The molecule has 5 nitrogen and oxygen atoms in total. The summed E-state index contributed by atoms with van der Waals surface area (Å²) >= 11 is 0. The third-order valence-electron chi connectivity index (χ3n) is 7.68. The molecule has 1 aliphatic carbocycles. The Kier molecular flexibility index (Phi) is 6.01. The van der Waals surface area contributed by atoms with Crippen molar-refractivity contribution in [2.24, 2.45) is 0 Å². The molecule has 0 radical (unpaired) electrons. The number of benzene rings is 1. The van der Waals surface area contributed by atoms with E-state index in [1.807, 2.05) is 0 Å². The van der Waals surface area contributed by atoms with Crippen LogP contribution in [0.5, 0.6) is 0 Å². The lowest BCUT2D eigenvalue weighted by atomic mass is 9.87. The number of carbonyl (C=O) groups is 1. The minimum Gasteiger partial charge on any atom is -0.354 e. The summed E-state index contributed by atoms with van der Waals surface area (Å²) in [4.78, 5) is 23.0. The minimum absolute atomic E-state index is 0.0714. The fourth-order valence-electron chi connectivity index (χ4n) is 5.61. The van der Waals surface area contributed by atoms with E-state index in [-0.39, 0.29) is 11.4 Å². The predicted octanol–water partition coefficient (Wildman–Crippen LogP) is 5.82.